The predicted octanol–water partition coefficient (Wildman–Crippen LogP) is 2.08. The minimum atomic E-state index is 0.263. The molecule has 0 spiro atoms. The Morgan fingerprint density at radius 3 is 2.93 bits per heavy atom. The molecular formula is C12H20N2O. The van der Waals surface area contributed by atoms with Crippen LogP contribution in [-0.2, 0) is 4.74 Å². The highest BCUT2D eigenvalue weighted by Crippen LogP contribution is 2.16. The summed E-state index contributed by atoms with van der Waals surface area (Å²) in [6.45, 7) is 5.73. The van der Waals surface area contributed by atoms with Crippen molar-refractivity contribution >= 4 is 0 Å². The van der Waals surface area contributed by atoms with Gasteiger partial charge in [-0.2, -0.15) is 0 Å². The molecule has 0 radical (unpaired) electrons. The Morgan fingerprint density at radius 1 is 1.53 bits per heavy atom. The second kappa shape index (κ2) is 6.53. The summed E-state index contributed by atoms with van der Waals surface area (Å²) in [5.74, 6) is 0. The van der Waals surface area contributed by atoms with E-state index in [0.29, 0.717) is 0 Å². The van der Waals surface area contributed by atoms with Crippen molar-refractivity contribution < 1.29 is 4.74 Å². The molecule has 0 aromatic carbocycles. The van der Waals surface area contributed by atoms with E-state index in [1.54, 1.807) is 0 Å². The van der Waals surface area contributed by atoms with Gasteiger partial charge in [0.2, 0.25) is 0 Å². The third-order valence-electron chi connectivity index (χ3n) is 2.42. The van der Waals surface area contributed by atoms with Crippen LogP contribution in [0.15, 0.2) is 18.5 Å². The van der Waals surface area contributed by atoms with Gasteiger partial charge in [-0.1, -0.05) is 6.92 Å². The molecular weight excluding hydrogens is 188 g/mol. The van der Waals surface area contributed by atoms with Gasteiger partial charge in [-0.05, 0) is 37.6 Å². The molecule has 3 heteroatoms. The molecule has 0 aliphatic carbocycles. The molecule has 1 atom stereocenters. The van der Waals surface area contributed by atoms with Gasteiger partial charge in [0.05, 0.1) is 12.6 Å². The zero-order valence-corrected chi connectivity index (χ0v) is 9.79. The maximum Gasteiger partial charge on any atom is 0.0661 e. The number of hydrogen-bond donors (Lipinski definition) is 1. The summed E-state index contributed by atoms with van der Waals surface area (Å²) in [7, 11) is 1.96. The van der Waals surface area contributed by atoms with E-state index < -0.39 is 0 Å². The molecule has 1 aromatic rings. The molecule has 1 aromatic heterocycles. The zero-order chi connectivity index (χ0) is 11.1. The molecule has 1 rings (SSSR count). The normalized spacial score (nSPS) is 12.7. The summed E-state index contributed by atoms with van der Waals surface area (Å²) in [5.41, 5.74) is 2.47. The molecule has 1 unspecified atom stereocenters. The molecule has 0 bridgehead atoms. The number of aromatic nitrogens is 1. The number of nitrogens with zero attached hydrogens (tertiary/aromatic N) is 1. The van der Waals surface area contributed by atoms with Crippen LogP contribution in [0.1, 0.15) is 30.5 Å². The van der Waals surface area contributed by atoms with Gasteiger partial charge < -0.3 is 10.1 Å². The number of pyridine rings is 1. The van der Waals surface area contributed by atoms with Crippen molar-refractivity contribution in [2.75, 3.05) is 20.3 Å². The highest BCUT2D eigenvalue weighted by Gasteiger charge is 2.11. The number of aryl methyl sites for hydroxylation is 1. The minimum Gasteiger partial charge on any atom is -0.379 e. The van der Waals surface area contributed by atoms with Crippen LogP contribution >= 0.6 is 0 Å². The van der Waals surface area contributed by atoms with Crippen LogP contribution < -0.4 is 5.32 Å². The molecule has 0 amide bonds. The quantitative estimate of drug-likeness (QED) is 0.727. The van der Waals surface area contributed by atoms with E-state index in [9.17, 15) is 0 Å². The van der Waals surface area contributed by atoms with Crippen molar-refractivity contribution in [3.05, 3.63) is 29.6 Å². The standard InChI is InChI=1S/C12H20N2O/c1-4-7-15-9-12(13-3)11-5-6-14-8-10(11)2/h5-6,8,12-13H,4,7,9H2,1-3H3. The van der Waals surface area contributed by atoms with Crippen LogP contribution in [0.4, 0.5) is 0 Å². The van der Waals surface area contributed by atoms with Crippen LogP contribution in [0, 0.1) is 6.92 Å². The number of hydrogen-bond acceptors (Lipinski definition) is 3. The topological polar surface area (TPSA) is 34.1 Å². The lowest BCUT2D eigenvalue weighted by molar-refractivity contribution is 0.114. The molecule has 1 N–H and O–H groups in total. The summed E-state index contributed by atoms with van der Waals surface area (Å²) in [4.78, 5) is 4.09. The molecule has 0 aliphatic rings. The van der Waals surface area contributed by atoms with Crippen LogP contribution in [0.5, 0.6) is 0 Å². The van der Waals surface area contributed by atoms with Gasteiger partial charge in [0.25, 0.3) is 0 Å². The Bertz CT molecular complexity index is 289. The monoisotopic (exact) mass is 208 g/mol. The molecule has 0 saturated heterocycles. The Labute approximate surface area is 91.9 Å². The van der Waals surface area contributed by atoms with Gasteiger partial charge in [-0.25, -0.2) is 0 Å². The van der Waals surface area contributed by atoms with Crippen molar-refractivity contribution in [2.24, 2.45) is 0 Å². The van der Waals surface area contributed by atoms with Crippen LogP contribution in [0.25, 0.3) is 0 Å². The summed E-state index contributed by atoms with van der Waals surface area (Å²) >= 11 is 0. The summed E-state index contributed by atoms with van der Waals surface area (Å²) in [6, 6.07) is 2.31. The smallest absolute Gasteiger partial charge is 0.0661 e. The van der Waals surface area contributed by atoms with E-state index in [-0.39, 0.29) is 6.04 Å². The number of likely N-dealkylation sites (N-methyl/N-ethyl adjacent to an activating group) is 1. The van der Waals surface area contributed by atoms with Gasteiger partial charge in [-0.3, -0.25) is 4.98 Å². The third kappa shape index (κ3) is 3.61. The summed E-state index contributed by atoms with van der Waals surface area (Å²) in [5, 5.41) is 3.27. The van der Waals surface area contributed by atoms with E-state index in [1.165, 1.54) is 11.1 Å². The molecule has 0 saturated carbocycles. The number of rotatable bonds is 6. The van der Waals surface area contributed by atoms with E-state index in [2.05, 4.69) is 24.1 Å². The molecule has 0 aliphatic heterocycles. The van der Waals surface area contributed by atoms with Crippen LogP contribution in [-0.4, -0.2) is 25.2 Å². The first-order valence-electron chi connectivity index (χ1n) is 5.45. The van der Waals surface area contributed by atoms with E-state index in [1.807, 2.05) is 25.5 Å². The summed E-state index contributed by atoms with van der Waals surface area (Å²) in [6.07, 6.45) is 4.78. The third-order valence-corrected chi connectivity index (χ3v) is 2.42. The SMILES string of the molecule is CCCOCC(NC)c1ccncc1C. The number of ether oxygens (including phenoxy) is 1. The molecule has 0 fully saturated rings. The average Bonchev–Trinajstić information content (AvgIpc) is 2.26. The highest BCUT2D eigenvalue weighted by atomic mass is 16.5. The first-order valence-corrected chi connectivity index (χ1v) is 5.45. The van der Waals surface area contributed by atoms with Crippen molar-refractivity contribution in [1.82, 2.24) is 10.3 Å². The Kier molecular flexibility index (Phi) is 5.29. The van der Waals surface area contributed by atoms with Crippen molar-refractivity contribution in [2.45, 2.75) is 26.3 Å². The molecule has 1 heterocycles. The second-order valence-corrected chi connectivity index (χ2v) is 3.65. The molecule has 15 heavy (non-hydrogen) atoms. The highest BCUT2D eigenvalue weighted by molar-refractivity contribution is 5.25. The van der Waals surface area contributed by atoms with Crippen molar-refractivity contribution in [3.63, 3.8) is 0 Å². The van der Waals surface area contributed by atoms with Crippen LogP contribution in [0.2, 0.25) is 0 Å². The van der Waals surface area contributed by atoms with E-state index in [4.69, 9.17) is 4.74 Å². The van der Waals surface area contributed by atoms with E-state index in [0.717, 1.165) is 19.6 Å². The fourth-order valence-electron chi connectivity index (χ4n) is 1.55. The van der Waals surface area contributed by atoms with Gasteiger partial charge in [0.15, 0.2) is 0 Å². The average molecular weight is 208 g/mol. The van der Waals surface area contributed by atoms with Crippen molar-refractivity contribution in [3.8, 4) is 0 Å². The fraction of sp³-hybridized carbons (Fsp3) is 0.583. The summed E-state index contributed by atoms with van der Waals surface area (Å²) < 4.78 is 5.56. The fourth-order valence-corrected chi connectivity index (χ4v) is 1.55. The lowest BCUT2D eigenvalue weighted by atomic mass is 10.0. The lowest BCUT2D eigenvalue weighted by Gasteiger charge is -2.18. The zero-order valence-electron chi connectivity index (χ0n) is 9.79. The van der Waals surface area contributed by atoms with Gasteiger partial charge in [-0.15, -0.1) is 0 Å². The predicted molar refractivity (Wildman–Crippen MR) is 61.9 cm³/mol. The maximum atomic E-state index is 5.56. The minimum absolute atomic E-state index is 0.263. The lowest BCUT2D eigenvalue weighted by Crippen LogP contribution is -2.22. The largest absolute Gasteiger partial charge is 0.379 e. The van der Waals surface area contributed by atoms with Crippen molar-refractivity contribution in [1.29, 1.82) is 0 Å². The van der Waals surface area contributed by atoms with Gasteiger partial charge >= 0.3 is 0 Å². The Hall–Kier alpha value is -0.930. The second-order valence-electron chi connectivity index (χ2n) is 3.65. The van der Waals surface area contributed by atoms with E-state index >= 15 is 0 Å². The first-order chi connectivity index (χ1) is 7.29. The first kappa shape index (κ1) is 12.1. The Balaban J connectivity index is 2.61. The Morgan fingerprint density at radius 2 is 2.33 bits per heavy atom. The number of nitrogens with one attached hydrogen (secondary N) is 1. The molecule has 3 nitrogen and oxygen atoms in total. The van der Waals surface area contributed by atoms with Crippen LogP contribution in [0.3, 0.4) is 0 Å². The maximum absolute atomic E-state index is 5.56. The molecule has 84 valence electrons. The van der Waals surface area contributed by atoms with Gasteiger partial charge in [0.1, 0.15) is 0 Å². The van der Waals surface area contributed by atoms with Gasteiger partial charge in [0, 0.05) is 19.0 Å².